The van der Waals surface area contributed by atoms with Gasteiger partial charge in [0.05, 0.1) is 11.9 Å². The van der Waals surface area contributed by atoms with Crippen molar-refractivity contribution in [2.75, 3.05) is 5.32 Å². The maximum absolute atomic E-state index is 12.3. The molecule has 1 N–H and O–H groups in total. The highest BCUT2D eigenvalue weighted by atomic mass is 16.1. The molecule has 4 heteroatoms. The number of fused-ring (bicyclic) bond motifs is 1. The van der Waals surface area contributed by atoms with Crippen molar-refractivity contribution in [1.29, 1.82) is 0 Å². The van der Waals surface area contributed by atoms with E-state index < -0.39 is 0 Å². The van der Waals surface area contributed by atoms with Crippen molar-refractivity contribution in [2.24, 2.45) is 5.92 Å². The summed E-state index contributed by atoms with van der Waals surface area (Å²) in [4.78, 5) is 20.7. The maximum Gasteiger partial charge on any atom is 0.228 e. The molecular weight excluding hydrogens is 250 g/mol. The molecule has 1 aliphatic rings. The molecule has 1 unspecified atom stereocenters. The van der Waals surface area contributed by atoms with E-state index in [1.54, 1.807) is 12.4 Å². The molecule has 0 aromatic carbocycles. The van der Waals surface area contributed by atoms with Crippen molar-refractivity contribution in [3.05, 3.63) is 53.1 Å². The van der Waals surface area contributed by atoms with Crippen molar-refractivity contribution < 1.29 is 4.79 Å². The number of nitrogens with zero attached hydrogens (tertiary/aromatic N) is 2. The average Bonchev–Trinajstić information content (AvgIpc) is 2.87. The van der Waals surface area contributed by atoms with Gasteiger partial charge in [-0.05, 0) is 55.5 Å². The lowest BCUT2D eigenvalue weighted by Gasteiger charge is -2.11. The number of aromatic nitrogens is 2. The molecule has 0 bridgehead atoms. The van der Waals surface area contributed by atoms with Gasteiger partial charge in [-0.2, -0.15) is 0 Å². The van der Waals surface area contributed by atoms with Crippen molar-refractivity contribution in [3.8, 4) is 0 Å². The first-order chi connectivity index (χ1) is 9.63. The Morgan fingerprint density at radius 2 is 2.05 bits per heavy atom. The summed E-state index contributed by atoms with van der Waals surface area (Å²) in [6, 6.07) is 3.96. The lowest BCUT2D eigenvalue weighted by molar-refractivity contribution is -0.119. The smallest absolute Gasteiger partial charge is 0.228 e. The van der Waals surface area contributed by atoms with Crippen LogP contribution in [0.2, 0.25) is 0 Å². The van der Waals surface area contributed by atoms with Gasteiger partial charge in [0.15, 0.2) is 0 Å². The Bertz CT molecular complexity index is 642. The summed E-state index contributed by atoms with van der Waals surface area (Å²) in [6.07, 6.45) is 6.92. The van der Waals surface area contributed by atoms with Crippen LogP contribution in [0.4, 0.5) is 5.69 Å². The second kappa shape index (κ2) is 5.04. The topological polar surface area (TPSA) is 54.9 Å². The number of hydrogen-bond donors (Lipinski definition) is 1. The zero-order valence-electron chi connectivity index (χ0n) is 11.7. The number of nitrogens with one attached hydrogen (secondary N) is 1. The summed E-state index contributed by atoms with van der Waals surface area (Å²) in [5.41, 5.74) is 5.26. The number of hydrogen-bond acceptors (Lipinski definition) is 3. The number of anilines is 1. The van der Waals surface area contributed by atoms with E-state index >= 15 is 0 Å². The maximum atomic E-state index is 12.3. The van der Waals surface area contributed by atoms with E-state index in [4.69, 9.17) is 0 Å². The molecule has 4 nitrogen and oxygen atoms in total. The van der Waals surface area contributed by atoms with Crippen LogP contribution >= 0.6 is 0 Å². The van der Waals surface area contributed by atoms with Gasteiger partial charge < -0.3 is 5.32 Å². The molecular formula is C16H17N3O. The van der Waals surface area contributed by atoms with E-state index in [-0.39, 0.29) is 11.8 Å². The van der Waals surface area contributed by atoms with E-state index in [0.29, 0.717) is 0 Å². The van der Waals surface area contributed by atoms with Crippen LogP contribution in [0.15, 0.2) is 30.7 Å². The van der Waals surface area contributed by atoms with Crippen molar-refractivity contribution in [3.63, 3.8) is 0 Å². The molecule has 2 aromatic rings. The summed E-state index contributed by atoms with van der Waals surface area (Å²) in [6.45, 7) is 3.95. The molecule has 0 fully saturated rings. The molecule has 0 aliphatic heterocycles. The number of carbonyl (C=O) groups excluding carboxylic acids is 1. The monoisotopic (exact) mass is 267 g/mol. The minimum Gasteiger partial charge on any atom is -0.324 e. The minimum atomic E-state index is -0.00388. The van der Waals surface area contributed by atoms with E-state index in [0.717, 1.165) is 29.8 Å². The third kappa shape index (κ3) is 2.41. The van der Waals surface area contributed by atoms with Crippen molar-refractivity contribution in [2.45, 2.75) is 26.7 Å². The van der Waals surface area contributed by atoms with Crippen LogP contribution in [0, 0.1) is 19.8 Å². The zero-order chi connectivity index (χ0) is 14.1. The highest BCUT2D eigenvalue weighted by Crippen LogP contribution is 2.26. The largest absolute Gasteiger partial charge is 0.324 e. The summed E-state index contributed by atoms with van der Waals surface area (Å²) in [5.74, 6) is 0.0575. The van der Waals surface area contributed by atoms with Gasteiger partial charge in [0, 0.05) is 24.0 Å². The van der Waals surface area contributed by atoms with Crippen LogP contribution in [-0.2, 0) is 17.6 Å². The molecule has 1 atom stereocenters. The third-order valence-electron chi connectivity index (χ3n) is 3.92. The highest BCUT2D eigenvalue weighted by Gasteiger charge is 2.27. The molecule has 3 rings (SSSR count). The second-order valence-electron chi connectivity index (χ2n) is 5.37. The van der Waals surface area contributed by atoms with E-state index in [1.165, 1.54) is 11.1 Å². The van der Waals surface area contributed by atoms with Crippen LogP contribution in [0.25, 0.3) is 0 Å². The second-order valence-corrected chi connectivity index (χ2v) is 5.37. The Morgan fingerprint density at radius 3 is 2.80 bits per heavy atom. The molecule has 0 saturated carbocycles. The zero-order valence-corrected chi connectivity index (χ0v) is 11.7. The average molecular weight is 267 g/mol. The molecule has 2 aromatic heterocycles. The first-order valence-corrected chi connectivity index (χ1v) is 6.79. The Labute approximate surface area is 118 Å². The van der Waals surface area contributed by atoms with E-state index in [9.17, 15) is 4.79 Å². The van der Waals surface area contributed by atoms with Gasteiger partial charge >= 0.3 is 0 Å². The molecule has 20 heavy (non-hydrogen) atoms. The summed E-state index contributed by atoms with van der Waals surface area (Å²) in [7, 11) is 0. The first kappa shape index (κ1) is 12.8. The summed E-state index contributed by atoms with van der Waals surface area (Å²) < 4.78 is 0. The van der Waals surface area contributed by atoms with Gasteiger partial charge in [0.1, 0.15) is 0 Å². The van der Waals surface area contributed by atoms with Gasteiger partial charge in [-0.3, -0.25) is 14.8 Å². The normalized spacial score (nSPS) is 16.8. The Morgan fingerprint density at radius 1 is 1.25 bits per heavy atom. The number of amides is 1. The molecule has 0 spiro atoms. The molecule has 0 saturated heterocycles. The molecule has 102 valence electrons. The van der Waals surface area contributed by atoms with Crippen LogP contribution in [0.3, 0.4) is 0 Å². The summed E-state index contributed by atoms with van der Waals surface area (Å²) in [5, 5.41) is 2.96. The van der Waals surface area contributed by atoms with E-state index in [1.807, 2.05) is 32.2 Å². The SMILES string of the molecule is Cc1cc(NC(=O)C2Cc3ccncc3C2)cnc1C. The number of aryl methyl sites for hydroxylation is 2. The number of rotatable bonds is 2. The number of pyridine rings is 2. The van der Waals surface area contributed by atoms with Crippen LogP contribution < -0.4 is 5.32 Å². The standard InChI is InChI=1S/C16H17N3O/c1-10-5-15(9-18-11(10)2)19-16(20)13-6-12-3-4-17-8-14(12)7-13/h3-5,8-9,13H,6-7H2,1-2H3,(H,19,20). The van der Waals surface area contributed by atoms with Gasteiger partial charge in [0.2, 0.25) is 5.91 Å². The lowest BCUT2D eigenvalue weighted by Crippen LogP contribution is -2.23. The fourth-order valence-electron chi connectivity index (χ4n) is 2.58. The van der Waals surface area contributed by atoms with Gasteiger partial charge in [-0.25, -0.2) is 0 Å². The minimum absolute atomic E-state index is 0.00388. The van der Waals surface area contributed by atoms with Gasteiger partial charge in [0.25, 0.3) is 0 Å². The molecule has 1 aliphatic carbocycles. The first-order valence-electron chi connectivity index (χ1n) is 6.79. The van der Waals surface area contributed by atoms with Crippen molar-refractivity contribution >= 4 is 11.6 Å². The predicted octanol–water partition coefficient (Wildman–Crippen LogP) is 2.45. The quantitative estimate of drug-likeness (QED) is 0.909. The predicted molar refractivity (Wildman–Crippen MR) is 77.5 cm³/mol. The molecule has 1 amide bonds. The molecule has 0 radical (unpaired) electrons. The van der Waals surface area contributed by atoms with E-state index in [2.05, 4.69) is 15.3 Å². The fourth-order valence-corrected chi connectivity index (χ4v) is 2.58. The van der Waals surface area contributed by atoms with Gasteiger partial charge in [-0.1, -0.05) is 0 Å². The van der Waals surface area contributed by atoms with Crippen molar-refractivity contribution in [1.82, 2.24) is 9.97 Å². The Kier molecular flexibility index (Phi) is 3.22. The molecule has 2 heterocycles. The fraction of sp³-hybridized carbons (Fsp3) is 0.312. The van der Waals surface area contributed by atoms with Crippen LogP contribution in [0.1, 0.15) is 22.4 Å². The van der Waals surface area contributed by atoms with Gasteiger partial charge in [-0.15, -0.1) is 0 Å². The summed E-state index contributed by atoms with van der Waals surface area (Å²) >= 11 is 0. The Hall–Kier alpha value is -2.23. The van der Waals surface area contributed by atoms with Crippen LogP contribution in [-0.4, -0.2) is 15.9 Å². The third-order valence-corrected chi connectivity index (χ3v) is 3.92. The van der Waals surface area contributed by atoms with Crippen LogP contribution in [0.5, 0.6) is 0 Å². The lowest BCUT2D eigenvalue weighted by atomic mass is 10.1. The Balaban J connectivity index is 1.71. The highest BCUT2D eigenvalue weighted by molar-refractivity contribution is 5.93. The number of carbonyl (C=O) groups is 1.